The van der Waals surface area contributed by atoms with Gasteiger partial charge in [0.1, 0.15) is 0 Å². The van der Waals surface area contributed by atoms with Gasteiger partial charge in [-0.3, -0.25) is 4.79 Å². The van der Waals surface area contributed by atoms with Crippen molar-refractivity contribution in [2.45, 2.75) is 32.1 Å². The number of carbonyl (C=O) groups is 1. The molecule has 1 heterocycles. The molecule has 14 heavy (non-hydrogen) atoms. The molecule has 0 saturated heterocycles. The van der Waals surface area contributed by atoms with Crippen molar-refractivity contribution in [1.29, 1.82) is 0 Å². The lowest BCUT2D eigenvalue weighted by molar-refractivity contribution is -0.113. The summed E-state index contributed by atoms with van der Waals surface area (Å²) in [6.45, 7) is 0.942. The van der Waals surface area contributed by atoms with Crippen LogP contribution in [0.15, 0.2) is 22.9 Å². The lowest BCUT2D eigenvalue weighted by Crippen LogP contribution is -2.26. The maximum atomic E-state index is 10.8. The van der Waals surface area contributed by atoms with Crippen LogP contribution in [0.1, 0.15) is 32.1 Å². The molecular formula is C11H16N2O. The number of rotatable bonds is 1. The third-order valence-corrected chi connectivity index (χ3v) is 2.94. The molecule has 76 valence electrons. The van der Waals surface area contributed by atoms with Gasteiger partial charge in [-0.15, -0.1) is 0 Å². The van der Waals surface area contributed by atoms with Crippen LogP contribution in [0.5, 0.6) is 0 Å². The Hall–Kier alpha value is -1.25. The van der Waals surface area contributed by atoms with E-state index in [4.69, 9.17) is 5.73 Å². The van der Waals surface area contributed by atoms with Gasteiger partial charge in [0.15, 0.2) is 0 Å². The van der Waals surface area contributed by atoms with Gasteiger partial charge in [-0.25, -0.2) is 0 Å². The molecule has 0 unspecified atom stereocenters. The van der Waals surface area contributed by atoms with Crippen LogP contribution in [-0.2, 0) is 4.79 Å². The smallest absolute Gasteiger partial charge is 0.243 e. The minimum Gasteiger partial charge on any atom is -0.384 e. The predicted molar refractivity (Wildman–Crippen MR) is 55.4 cm³/mol. The number of nitrogens with one attached hydrogen (secondary N) is 1. The van der Waals surface area contributed by atoms with Crippen molar-refractivity contribution in [2.24, 2.45) is 5.73 Å². The zero-order valence-electron chi connectivity index (χ0n) is 8.31. The molecular weight excluding hydrogens is 176 g/mol. The van der Waals surface area contributed by atoms with Gasteiger partial charge in [0.05, 0.1) is 0 Å². The van der Waals surface area contributed by atoms with Crippen molar-refractivity contribution < 1.29 is 4.79 Å². The van der Waals surface area contributed by atoms with Gasteiger partial charge < -0.3 is 11.1 Å². The maximum absolute atomic E-state index is 10.8. The Morgan fingerprint density at radius 1 is 1.29 bits per heavy atom. The van der Waals surface area contributed by atoms with Crippen molar-refractivity contribution >= 4 is 5.91 Å². The molecule has 3 N–H and O–H groups in total. The molecule has 0 aromatic heterocycles. The summed E-state index contributed by atoms with van der Waals surface area (Å²) in [5.41, 5.74) is 9.02. The largest absolute Gasteiger partial charge is 0.384 e. The number of hydrogen-bond donors (Lipinski definition) is 2. The Morgan fingerprint density at radius 3 is 2.86 bits per heavy atom. The molecule has 0 fully saturated rings. The van der Waals surface area contributed by atoms with Crippen molar-refractivity contribution in [1.82, 2.24) is 5.32 Å². The predicted octanol–water partition coefficient (Wildman–Crippen LogP) is 1.22. The lowest BCUT2D eigenvalue weighted by atomic mass is 9.86. The van der Waals surface area contributed by atoms with Crippen LogP contribution in [-0.4, -0.2) is 12.5 Å². The lowest BCUT2D eigenvalue weighted by Gasteiger charge is -2.28. The number of nitrogens with two attached hydrogens (primary N) is 1. The van der Waals surface area contributed by atoms with E-state index in [0.29, 0.717) is 0 Å². The molecule has 0 spiro atoms. The first kappa shape index (κ1) is 9.31. The first-order chi connectivity index (χ1) is 6.77. The first-order valence-electron chi connectivity index (χ1n) is 5.23. The highest BCUT2D eigenvalue weighted by Gasteiger charge is 2.19. The number of hydrogen-bond acceptors (Lipinski definition) is 2. The standard InChI is InChI=1S/C11H16N2O/c12-11(14)7-10-9-4-2-1-3-8(9)5-6-13-10/h7,13H,1-6H2,(H2,12,14)/b10-7+. The van der Waals surface area contributed by atoms with Crippen LogP contribution < -0.4 is 11.1 Å². The SMILES string of the molecule is NC(=O)/C=C1/NCCC2=C1CCCC2. The summed E-state index contributed by atoms with van der Waals surface area (Å²) in [7, 11) is 0. The molecule has 0 bridgehead atoms. The normalized spacial score (nSPS) is 24.4. The number of amides is 1. The van der Waals surface area contributed by atoms with Crippen LogP contribution in [0.4, 0.5) is 0 Å². The van der Waals surface area contributed by atoms with E-state index in [9.17, 15) is 4.79 Å². The molecule has 0 aromatic carbocycles. The molecule has 1 amide bonds. The Balaban J connectivity index is 2.29. The minimum absolute atomic E-state index is 0.355. The third kappa shape index (κ3) is 1.81. The molecule has 0 atom stereocenters. The zero-order chi connectivity index (χ0) is 9.97. The van der Waals surface area contributed by atoms with Crippen molar-refractivity contribution in [3.8, 4) is 0 Å². The van der Waals surface area contributed by atoms with Gasteiger partial charge in [0, 0.05) is 18.3 Å². The topological polar surface area (TPSA) is 55.1 Å². The summed E-state index contributed by atoms with van der Waals surface area (Å²) in [6.07, 6.45) is 7.49. The zero-order valence-corrected chi connectivity index (χ0v) is 8.31. The van der Waals surface area contributed by atoms with Crippen LogP contribution >= 0.6 is 0 Å². The average molecular weight is 192 g/mol. The Labute approximate surface area is 84.0 Å². The van der Waals surface area contributed by atoms with E-state index in [-0.39, 0.29) is 5.91 Å². The molecule has 0 aromatic rings. The maximum Gasteiger partial charge on any atom is 0.243 e. The monoisotopic (exact) mass is 192 g/mol. The fraction of sp³-hybridized carbons (Fsp3) is 0.545. The van der Waals surface area contributed by atoms with Crippen LogP contribution in [0.2, 0.25) is 0 Å². The van der Waals surface area contributed by atoms with E-state index < -0.39 is 0 Å². The minimum atomic E-state index is -0.355. The van der Waals surface area contributed by atoms with Crippen LogP contribution in [0.25, 0.3) is 0 Å². The molecule has 3 heteroatoms. The van der Waals surface area contributed by atoms with E-state index in [1.807, 2.05) is 0 Å². The average Bonchev–Trinajstić information content (AvgIpc) is 2.18. The number of carbonyl (C=O) groups excluding carboxylic acids is 1. The second kappa shape index (κ2) is 3.86. The van der Waals surface area contributed by atoms with Crippen molar-refractivity contribution in [3.05, 3.63) is 22.9 Å². The molecule has 1 aliphatic carbocycles. The fourth-order valence-corrected chi connectivity index (χ4v) is 2.30. The quantitative estimate of drug-likeness (QED) is 0.614. The van der Waals surface area contributed by atoms with E-state index in [1.54, 1.807) is 0 Å². The Bertz CT molecular complexity index is 311. The van der Waals surface area contributed by atoms with Gasteiger partial charge in [0.25, 0.3) is 0 Å². The van der Waals surface area contributed by atoms with E-state index >= 15 is 0 Å². The summed E-state index contributed by atoms with van der Waals surface area (Å²) < 4.78 is 0. The number of allylic oxidation sites excluding steroid dienone is 1. The van der Waals surface area contributed by atoms with Gasteiger partial charge in [0.2, 0.25) is 5.91 Å². The third-order valence-electron chi connectivity index (χ3n) is 2.94. The second-order valence-corrected chi connectivity index (χ2v) is 3.93. The molecule has 2 rings (SSSR count). The van der Waals surface area contributed by atoms with Crippen molar-refractivity contribution in [3.63, 3.8) is 0 Å². The summed E-state index contributed by atoms with van der Waals surface area (Å²) >= 11 is 0. The highest BCUT2D eigenvalue weighted by atomic mass is 16.1. The fourth-order valence-electron chi connectivity index (χ4n) is 2.30. The second-order valence-electron chi connectivity index (χ2n) is 3.93. The summed E-state index contributed by atoms with van der Waals surface area (Å²) in [4.78, 5) is 10.8. The Kier molecular flexibility index (Phi) is 2.57. The number of primary amides is 1. The molecule has 3 nitrogen and oxygen atoms in total. The van der Waals surface area contributed by atoms with Gasteiger partial charge in [-0.1, -0.05) is 5.57 Å². The van der Waals surface area contributed by atoms with Crippen molar-refractivity contribution in [2.75, 3.05) is 6.54 Å². The summed E-state index contributed by atoms with van der Waals surface area (Å²) in [6, 6.07) is 0. The molecule has 2 aliphatic rings. The van der Waals surface area contributed by atoms with E-state index in [2.05, 4.69) is 5.32 Å². The van der Waals surface area contributed by atoms with E-state index in [1.165, 1.54) is 36.5 Å². The highest BCUT2D eigenvalue weighted by molar-refractivity contribution is 5.87. The Morgan fingerprint density at radius 2 is 2.07 bits per heavy atom. The van der Waals surface area contributed by atoms with Crippen LogP contribution in [0, 0.1) is 0 Å². The van der Waals surface area contributed by atoms with Gasteiger partial charge in [-0.05, 0) is 37.7 Å². The molecule has 0 radical (unpaired) electrons. The van der Waals surface area contributed by atoms with E-state index in [0.717, 1.165) is 25.1 Å². The summed E-state index contributed by atoms with van der Waals surface area (Å²) in [5, 5.41) is 3.25. The van der Waals surface area contributed by atoms with Gasteiger partial charge >= 0.3 is 0 Å². The summed E-state index contributed by atoms with van der Waals surface area (Å²) in [5.74, 6) is -0.355. The first-order valence-corrected chi connectivity index (χ1v) is 5.23. The molecule has 1 aliphatic heterocycles. The van der Waals surface area contributed by atoms with Gasteiger partial charge in [-0.2, -0.15) is 0 Å². The van der Waals surface area contributed by atoms with Crippen LogP contribution in [0.3, 0.4) is 0 Å². The molecule has 0 saturated carbocycles. The highest BCUT2D eigenvalue weighted by Crippen LogP contribution is 2.32.